The van der Waals surface area contributed by atoms with Crippen LogP contribution in [0.5, 0.6) is 0 Å². The molecule has 0 bridgehead atoms. The van der Waals surface area contributed by atoms with Crippen molar-refractivity contribution in [3.63, 3.8) is 0 Å². The molecular formula is C6H10F3NO. The van der Waals surface area contributed by atoms with E-state index in [-0.39, 0.29) is 0 Å². The molecule has 1 fully saturated rings. The van der Waals surface area contributed by atoms with Gasteiger partial charge in [-0.1, -0.05) is 0 Å². The second-order valence-electron chi connectivity index (χ2n) is 2.78. The number of hydrogen-bond donors (Lipinski definition) is 1. The fraction of sp³-hybridized carbons (Fsp3) is 1.00. The Hall–Kier alpha value is -0.290. The number of hydrogen-bond acceptors (Lipinski definition) is 2. The first kappa shape index (κ1) is 8.80. The monoisotopic (exact) mass is 169 g/mol. The highest BCUT2D eigenvalue weighted by molar-refractivity contribution is 4.95. The van der Waals surface area contributed by atoms with Crippen LogP contribution in [0.3, 0.4) is 0 Å². The van der Waals surface area contributed by atoms with Crippen LogP contribution in [-0.4, -0.2) is 32.0 Å². The molecule has 1 rings (SSSR count). The van der Waals surface area contributed by atoms with E-state index in [1.54, 1.807) is 0 Å². The maximum Gasteiger partial charge on any atom is 0.391 e. The minimum Gasteiger partial charge on any atom is -0.375 e. The van der Waals surface area contributed by atoms with Crippen molar-refractivity contribution < 1.29 is 17.9 Å². The van der Waals surface area contributed by atoms with E-state index >= 15 is 0 Å². The topological polar surface area (TPSA) is 21.3 Å². The van der Waals surface area contributed by atoms with Gasteiger partial charge in [-0.05, 0) is 0 Å². The zero-order chi connectivity index (χ0) is 8.54. The summed E-state index contributed by atoms with van der Waals surface area (Å²) in [6.07, 6.45) is -4.98. The molecule has 0 atom stereocenters. The van der Waals surface area contributed by atoms with E-state index in [0.717, 1.165) is 0 Å². The van der Waals surface area contributed by atoms with Crippen LogP contribution in [0.2, 0.25) is 0 Å². The van der Waals surface area contributed by atoms with Crippen molar-refractivity contribution in [3.8, 4) is 0 Å². The van der Waals surface area contributed by atoms with Gasteiger partial charge >= 0.3 is 6.18 Å². The summed E-state index contributed by atoms with van der Waals surface area (Å²) in [7, 11) is 1.31. The Morgan fingerprint density at radius 2 is 2.00 bits per heavy atom. The van der Waals surface area contributed by atoms with Gasteiger partial charge in [-0.15, -0.1) is 0 Å². The minimum atomic E-state index is -4.13. The van der Waals surface area contributed by atoms with Gasteiger partial charge in [0.05, 0.1) is 6.42 Å². The molecule has 2 nitrogen and oxygen atoms in total. The summed E-state index contributed by atoms with van der Waals surface area (Å²) in [4.78, 5) is 0. The van der Waals surface area contributed by atoms with Crippen molar-refractivity contribution in [2.45, 2.75) is 18.2 Å². The van der Waals surface area contributed by atoms with E-state index in [9.17, 15) is 13.2 Å². The third-order valence-corrected chi connectivity index (χ3v) is 1.85. The van der Waals surface area contributed by atoms with E-state index in [1.165, 1.54) is 7.11 Å². The molecule has 0 aromatic carbocycles. The molecule has 1 aliphatic rings. The van der Waals surface area contributed by atoms with Gasteiger partial charge in [-0.2, -0.15) is 13.2 Å². The molecule has 0 aliphatic carbocycles. The normalized spacial score (nSPS) is 22.9. The number of alkyl halides is 3. The van der Waals surface area contributed by atoms with Gasteiger partial charge in [0.2, 0.25) is 0 Å². The van der Waals surface area contributed by atoms with Crippen LogP contribution in [0.4, 0.5) is 13.2 Å². The lowest BCUT2D eigenvalue weighted by molar-refractivity contribution is -0.193. The Bertz CT molecular complexity index is 136. The Morgan fingerprint density at radius 3 is 2.09 bits per heavy atom. The quantitative estimate of drug-likeness (QED) is 0.663. The summed E-state index contributed by atoms with van der Waals surface area (Å²) in [5, 5.41) is 2.75. The van der Waals surface area contributed by atoms with Gasteiger partial charge in [0, 0.05) is 20.2 Å². The van der Waals surface area contributed by atoms with Crippen molar-refractivity contribution in [1.29, 1.82) is 0 Å². The summed E-state index contributed by atoms with van der Waals surface area (Å²) >= 11 is 0. The lowest BCUT2D eigenvalue weighted by Gasteiger charge is -2.41. The molecule has 0 aromatic heterocycles. The Balaban J connectivity index is 2.45. The van der Waals surface area contributed by atoms with Gasteiger partial charge in [-0.3, -0.25) is 0 Å². The van der Waals surface area contributed by atoms with Crippen LogP contribution >= 0.6 is 0 Å². The van der Waals surface area contributed by atoms with Crippen LogP contribution < -0.4 is 5.32 Å². The summed E-state index contributed by atoms with van der Waals surface area (Å²) in [6.45, 7) is 0.589. The van der Waals surface area contributed by atoms with E-state index in [0.29, 0.717) is 13.1 Å². The van der Waals surface area contributed by atoms with Gasteiger partial charge in [0.1, 0.15) is 5.60 Å². The Morgan fingerprint density at radius 1 is 1.45 bits per heavy atom. The van der Waals surface area contributed by atoms with Crippen molar-refractivity contribution in [1.82, 2.24) is 5.32 Å². The van der Waals surface area contributed by atoms with Crippen LogP contribution in [0, 0.1) is 0 Å². The first-order chi connectivity index (χ1) is 4.97. The van der Waals surface area contributed by atoms with Crippen LogP contribution in [0.1, 0.15) is 6.42 Å². The molecular weight excluding hydrogens is 159 g/mol. The van der Waals surface area contributed by atoms with Gasteiger partial charge in [0.15, 0.2) is 0 Å². The maximum atomic E-state index is 11.9. The maximum absolute atomic E-state index is 11.9. The number of nitrogens with one attached hydrogen (secondary N) is 1. The number of methoxy groups -OCH3 is 1. The molecule has 1 aliphatic heterocycles. The van der Waals surface area contributed by atoms with Crippen LogP contribution in [0.25, 0.3) is 0 Å². The molecule has 1 saturated heterocycles. The highest BCUT2D eigenvalue weighted by Crippen LogP contribution is 2.31. The fourth-order valence-corrected chi connectivity index (χ4v) is 1.11. The molecule has 11 heavy (non-hydrogen) atoms. The predicted octanol–water partition coefficient (Wildman–Crippen LogP) is 0.927. The first-order valence-electron chi connectivity index (χ1n) is 3.30. The Kier molecular flexibility index (Phi) is 2.11. The molecule has 0 spiro atoms. The van der Waals surface area contributed by atoms with Gasteiger partial charge in [-0.25, -0.2) is 0 Å². The highest BCUT2D eigenvalue weighted by atomic mass is 19.4. The second-order valence-corrected chi connectivity index (χ2v) is 2.78. The third kappa shape index (κ3) is 2.07. The third-order valence-electron chi connectivity index (χ3n) is 1.85. The SMILES string of the molecule is COC1(CC(F)(F)F)CNC1. The lowest BCUT2D eigenvalue weighted by atomic mass is 9.92. The molecule has 5 heteroatoms. The standard InChI is InChI=1S/C6H10F3NO/c1-11-5(3-10-4-5)2-6(7,8)9/h10H,2-4H2,1H3. The average Bonchev–Trinajstić information content (AvgIpc) is 1.77. The van der Waals surface area contributed by atoms with E-state index in [2.05, 4.69) is 5.32 Å². The zero-order valence-corrected chi connectivity index (χ0v) is 6.16. The van der Waals surface area contributed by atoms with E-state index < -0.39 is 18.2 Å². The summed E-state index contributed by atoms with van der Waals surface area (Å²) in [5.41, 5.74) is -0.988. The zero-order valence-electron chi connectivity index (χ0n) is 6.16. The summed E-state index contributed by atoms with van der Waals surface area (Å²) < 4.78 is 40.3. The molecule has 1 heterocycles. The fourth-order valence-electron chi connectivity index (χ4n) is 1.11. The number of rotatable bonds is 2. The molecule has 0 saturated carbocycles. The van der Waals surface area contributed by atoms with Gasteiger partial charge < -0.3 is 10.1 Å². The highest BCUT2D eigenvalue weighted by Gasteiger charge is 2.46. The molecule has 0 radical (unpaired) electrons. The number of ether oxygens (including phenoxy) is 1. The Labute approximate surface area is 62.7 Å². The lowest BCUT2D eigenvalue weighted by Crippen LogP contribution is -2.62. The second kappa shape index (κ2) is 2.64. The van der Waals surface area contributed by atoms with Crippen molar-refractivity contribution in [2.24, 2.45) is 0 Å². The predicted molar refractivity (Wildman–Crippen MR) is 33.3 cm³/mol. The van der Waals surface area contributed by atoms with Crippen LogP contribution in [-0.2, 0) is 4.74 Å². The van der Waals surface area contributed by atoms with E-state index in [1.807, 2.05) is 0 Å². The molecule has 66 valence electrons. The molecule has 0 aromatic rings. The smallest absolute Gasteiger partial charge is 0.375 e. The van der Waals surface area contributed by atoms with E-state index in [4.69, 9.17) is 4.74 Å². The number of halogens is 3. The van der Waals surface area contributed by atoms with Crippen molar-refractivity contribution >= 4 is 0 Å². The average molecular weight is 169 g/mol. The minimum absolute atomic E-state index is 0.295. The molecule has 1 N–H and O–H groups in total. The summed E-state index contributed by atoms with van der Waals surface area (Å²) in [6, 6.07) is 0. The van der Waals surface area contributed by atoms with Crippen molar-refractivity contribution in [2.75, 3.05) is 20.2 Å². The summed E-state index contributed by atoms with van der Waals surface area (Å²) in [5.74, 6) is 0. The first-order valence-corrected chi connectivity index (χ1v) is 3.30. The molecule has 0 amide bonds. The van der Waals surface area contributed by atoms with Crippen LogP contribution in [0.15, 0.2) is 0 Å². The van der Waals surface area contributed by atoms with Crippen molar-refractivity contribution in [3.05, 3.63) is 0 Å². The van der Waals surface area contributed by atoms with Gasteiger partial charge in [0.25, 0.3) is 0 Å². The molecule has 0 unspecified atom stereocenters. The largest absolute Gasteiger partial charge is 0.391 e.